The van der Waals surface area contributed by atoms with Crippen LogP contribution in [0.4, 0.5) is 0 Å². The molecule has 0 aliphatic rings. The first-order chi connectivity index (χ1) is 9.04. The zero-order valence-electron chi connectivity index (χ0n) is 11.1. The molecule has 5 heteroatoms. The number of amides is 1. The summed E-state index contributed by atoms with van der Waals surface area (Å²) in [6, 6.07) is 5.55. The molecule has 0 aliphatic carbocycles. The van der Waals surface area contributed by atoms with Crippen LogP contribution in [0.25, 0.3) is 0 Å². The van der Waals surface area contributed by atoms with E-state index >= 15 is 0 Å². The van der Waals surface area contributed by atoms with Crippen LogP contribution in [0.15, 0.2) is 22.7 Å². The topological polar surface area (TPSA) is 20.3 Å². The van der Waals surface area contributed by atoms with Crippen LogP contribution >= 0.6 is 43.5 Å². The molecule has 0 aromatic heterocycles. The molecule has 0 radical (unpaired) electrons. The number of carbonyl (C=O) groups excluding carboxylic acids is 1. The molecular weight excluding hydrogens is 393 g/mol. The summed E-state index contributed by atoms with van der Waals surface area (Å²) in [5.74, 6) is 0.0525. The Morgan fingerprint density at radius 1 is 1.37 bits per heavy atom. The minimum Gasteiger partial charge on any atom is -0.335 e. The van der Waals surface area contributed by atoms with E-state index in [0.717, 1.165) is 22.6 Å². The molecule has 0 atom stereocenters. The summed E-state index contributed by atoms with van der Waals surface area (Å²) in [4.78, 5) is 14.6. The molecule has 0 N–H and O–H groups in total. The van der Waals surface area contributed by atoms with Crippen molar-refractivity contribution >= 4 is 49.4 Å². The van der Waals surface area contributed by atoms with Crippen LogP contribution in [0.1, 0.15) is 37.0 Å². The lowest BCUT2D eigenvalue weighted by molar-refractivity contribution is 0.0682. The number of hydrogen-bond donors (Lipinski definition) is 0. The Bertz CT molecular complexity index is 435. The van der Waals surface area contributed by atoms with Gasteiger partial charge in [0.2, 0.25) is 0 Å². The van der Waals surface area contributed by atoms with Crippen LogP contribution in [-0.2, 0) is 0 Å². The summed E-state index contributed by atoms with van der Waals surface area (Å²) in [6.07, 6.45) is 1.92. The molecule has 1 rings (SSSR count). The average Bonchev–Trinajstić information content (AvgIpc) is 2.38. The zero-order chi connectivity index (χ0) is 14.4. The monoisotopic (exact) mass is 409 g/mol. The van der Waals surface area contributed by atoms with E-state index in [2.05, 4.69) is 45.7 Å². The van der Waals surface area contributed by atoms with Crippen LogP contribution < -0.4 is 0 Å². The highest BCUT2D eigenvalue weighted by molar-refractivity contribution is 9.10. The fourth-order valence-corrected chi connectivity index (χ4v) is 3.32. The van der Waals surface area contributed by atoms with Gasteiger partial charge in [-0.05, 0) is 47.0 Å². The maximum absolute atomic E-state index is 12.7. The number of carbonyl (C=O) groups is 1. The van der Waals surface area contributed by atoms with Crippen molar-refractivity contribution in [3.63, 3.8) is 0 Å². The Labute approximate surface area is 136 Å². The van der Waals surface area contributed by atoms with E-state index < -0.39 is 0 Å². The third-order valence-corrected chi connectivity index (χ3v) is 4.38. The van der Waals surface area contributed by atoms with Gasteiger partial charge >= 0.3 is 0 Å². The van der Waals surface area contributed by atoms with Crippen LogP contribution in [0.2, 0.25) is 5.02 Å². The van der Waals surface area contributed by atoms with Gasteiger partial charge in [-0.25, -0.2) is 0 Å². The van der Waals surface area contributed by atoms with Crippen LogP contribution in [0, 0.1) is 0 Å². The molecule has 2 nitrogen and oxygen atoms in total. The molecule has 0 saturated heterocycles. The summed E-state index contributed by atoms with van der Waals surface area (Å²) in [5, 5.41) is 1.40. The maximum Gasteiger partial charge on any atom is 0.255 e. The minimum atomic E-state index is 0.0525. The summed E-state index contributed by atoms with van der Waals surface area (Å²) in [6.45, 7) is 4.93. The zero-order valence-corrected chi connectivity index (χ0v) is 15.1. The first-order valence-electron chi connectivity index (χ1n) is 6.37. The molecule has 0 saturated carbocycles. The third-order valence-electron chi connectivity index (χ3n) is 3.13. The number of rotatable bonds is 6. The van der Waals surface area contributed by atoms with E-state index in [1.54, 1.807) is 18.2 Å². The van der Waals surface area contributed by atoms with Crippen molar-refractivity contribution in [2.75, 3.05) is 11.9 Å². The van der Waals surface area contributed by atoms with Gasteiger partial charge in [0, 0.05) is 27.4 Å². The lowest BCUT2D eigenvalue weighted by atomic mass is 10.1. The summed E-state index contributed by atoms with van der Waals surface area (Å²) < 4.78 is 0.746. The highest BCUT2D eigenvalue weighted by atomic mass is 79.9. The van der Waals surface area contributed by atoms with Gasteiger partial charge in [0.05, 0.1) is 5.56 Å². The highest BCUT2D eigenvalue weighted by Gasteiger charge is 2.23. The fraction of sp³-hybridized carbons (Fsp3) is 0.500. The number of hydrogen-bond acceptors (Lipinski definition) is 1. The standard InChI is InChI=1S/C14H18Br2ClNO/c1-3-11(4-2)18(8-7-15)14(19)12-6-5-10(17)9-13(12)16/h5-6,9,11H,3-4,7-8H2,1-2H3. The Morgan fingerprint density at radius 3 is 2.47 bits per heavy atom. The predicted octanol–water partition coefficient (Wildman–Crippen LogP) is 5.13. The second-order valence-corrected chi connectivity index (χ2v) is 6.37. The second-order valence-electron chi connectivity index (χ2n) is 4.28. The second kappa shape index (κ2) is 8.28. The molecule has 0 heterocycles. The van der Waals surface area contributed by atoms with E-state index in [1.807, 2.05) is 4.90 Å². The molecule has 106 valence electrons. The normalized spacial score (nSPS) is 10.8. The minimum absolute atomic E-state index is 0.0525. The van der Waals surface area contributed by atoms with Crippen LogP contribution in [0.5, 0.6) is 0 Å². The van der Waals surface area contributed by atoms with E-state index in [-0.39, 0.29) is 11.9 Å². The molecule has 0 aliphatic heterocycles. The molecule has 1 amide bonds. The van der Waals surface area contributed by atoms with Crippen LogP contribution in [0.3, 0.4) is 0 Å². The van der Waals surface area contributed by atoms with Gasteiger partial charge in [0.1, 0.15) is 0 Å². The lowest BCUT2D eigenvalue weighted by Crippen LogP contribution is -2.41. The molecule has 1 aromatic carbocycles. The number of halogens is 3. The number of nitrogens with zero attached hydrogens (tertiary/aromatic N) is 1. The quantitative estimate of drug-likeness (QED) is 0.595. The Hall–Kier alpha value is -0.0600. The maximum atomic E-state index is 12.7. The smallest absolute Gasteiger partial charge is 0.255 e. The molecular formula is C14H18Br2ClNO. The highest BCUT2D eigenvalue weighted by Crippen LogP contribution is 2.24. The van der Waals surface area contributed by atoms with Crippen molar-refractivity contribution in [1.82, 2.24) is 4.90 Å². The van der Waals surface area contributed by atoms with Crippen molar-refractivity contribution in [2.24, 2.45) is 0 Å². The van der Waals surface area contributed by atoms with Crippen molar-refractivity contribution < 1.29 is 4.79 Å². The molecule has 0 spiro atoms. The van der Waals surface area contributed by atoms with E-state index in [4.69, 9.17) is 11.6 Å². The third kappa shape index (κ3) is 4.47. The first-order valence-corrected chi connectivity index (χ1v) is 8.66. The van der Waals surface area contributed by atoms with Crippen LogP contribution in [-0.4, -0.2) is 28.7 Å². The SMILES string of the molecule is CCC(CC)N(CCBr)C(=O)c1ccc(Cl)cc1Br. The summed E-state index contributed by atoms with van der Waals surface area (Å²) in [5.41, 5.74) is 0.664. The summed E-state index contributed by atoms with van der Waals surface area (Å²) >= 11 is 12.8. The van der Waals surface area contributed by atoms with Gasteiger partial charge in [-0.1, -0.05) is 41.4 Å². The fourth-order valence-electron chi connectivity index (χ4n) is 2.09. The Morgan fingerprint density at radius 2 is 2.00 bits per heavy atom. The van der Waals surface area contributed by atoms with E-state index in [0.29, 0.717) is 17.1 Å². The molecule has 1 aromatic rings. The van der Waals surface area contributed by atoms with E-state index in [9.17, 15) is 4.79 Å². The van der Waals surface area contributed by atoms with Gasteiger partial charge in [0.25, 0.3) is 5.91 Å². The van der Waals surface area contributed by atoms with Gasteiger partial charge in [0.15, 0.2) is 0 Å². The first kappa shape index (κ1) is 17.0. The van der Waals surface area contributed by atoms with Gasteiger partial charge in [-0.3, -0.25) is 4.79 Å². The molecule has 0 unspecified atom stereocenters. The lowest BCUT2D eigenvalue weighted by Gasteiger charge is -2.30. The van der Waals surface area contributed by atoms with Crippen molar-refractivity contribution in [3.8, 4) is 0 Å². The molecule has 19 heavy (non-hydrogen) atoms. The molecule has 0 fully saturated rings. The molecule has 0 bridgehead atoms. The van der Waals surface area contributed by atoms with E-state index in [1.165, 1.54) is 0 Å². The number of alkyl halides is 1. The predicted molar refractivity (Wildman–Crippen MR) is 88.4 cm³/mol. The van der Waals surface area contributed by atoms with Crippen molar-refractivity contribution in [3.05, 3.63) is 33.3 Å². The number of benzene rings is 1. The Kier molecular flexibility index (Phi) is 7.40. The van der Waals surface area contributed by atoms with Gasteiger partial charge < -0.3 is 4.90 Å². The van der Waals surface area contributed by atoms with Crippen molar-refractivity contribution in [1.29, 1.82) is 0 Å². The average molecular weight is 412 g/mol. The largest absolute Gasteiger partial charge is 0.335 e. The Balaban J connectivity index is 3.04. The van der Waals surface area contributed by atoms with Gasteiger partial charge in [-0.2, -0.15) is 0 Å². The van der Waals surface area contributed by atoms with Gasteiger partial charge in [-0.15, -0.1) is 0 Å². The summed E-state index contributed by atoms with van der Waals surface area (Å²) in [7, 11) is 0. The van der Waals surface area contributed by atoms with Crippen molar-refractivity contribution in [2.45, 2.75) is 32.7 Å².